The van der Waals surface area contributed by atoms with E-state index in [0.717, 1.165) is 35.9 Å². The molecule has 1 aromatic heterocycles. The van der Waals surface area contributed by atoms with E-state index in [1.165, 1.54) is 11.8 Å². The molecule has 7 heteroatoms. The lowest BCUT2D eigenvalue weighted by Crippen LogP contribution is -2.29. The Hall–Kier alpha value is -2.80. The molecule has 0 aliphatic heterocycles. The van der Waals surface area contributed by atoms with E-state index >= 15 is 0 Å². The Morgan fingerprint density at radius 3 is 2.72 bits per heavy atom. The maximum Gasteiger partial charge on any atom is 0.338 e. The van der Waals surface area contributed by atoms with Crippen LogP contribution < -0.4 is 5.32 Å². The molecule has 0 fully saturated rings. The Kier molecular flexibility index (Phi) is 7.69. The van der Waals surface area contributed by atoms with E-state index in [9.17, 15) is 9.59 Å². The van der Waals surface area contributed by atoms with Crippen molar-refractivity contribution in [3.8, 4) is 0 Å². The standard InChI is InChI=1S/C22H24N2O4S/c1-2-3-8-13-23-20(25)14-27-21(26)17-10-5-4-9-16(17)15-29-22-24-18-11-6-7-12-19(18)28-22/h4-7,9-12H,2-3,8,13-15H2,1H3,(H,23,25). The minimum Gasteiger partial charge on any atom is -0.452 e. The lowest BCUT2D eigenvalue weighted by molar-refractivity contribution is -0.124. The number of rotatable bonds is 10. The van der Waals surface area contributed by atoms with Gasteiger partial charge in [-0.3, -0.25) is 4.79 Å². The van der Waals surface area contributed by atoms with Crippen LogP contribution in [0.2, 0.25) is 0 Å². The number of carbonyl (C=O) groups excluding carboxylic acids is 2. The molecular weight excluding hydrogens is 388 g/mol. The number of hydrogen-bond donors (Lipinski definition) is 1. The zero-order chi connectivity index (χ0) is 20.5. The normalized spacial score (nSPS) is 10.8. The van der Waals surface area contributed by atoms with Crippen LogP contribution in [0.3, 0.4) is 0 Å². The summed E-state index contributed by atoms with van der Waals surface area (Å²) in [4.78, 5) is 28.7. The fraction of sp³-hybridized carbons (Fsp3) is 0.318. The Labute approximate surface area is 174 Å². The fourth-order valence-corrected chi connectivity index (χ4v) is 3.60. The molecule has 1 amide bonds. The van der Waals surface area contributed by atoms with Crippen molar-refractivity contribution < 1.29 is 18.7 Å². The van der Waals surface area contributed by atoms with Gasteiger partial charge in [0.25, 0.3) is 11.1 Å². The molecule has 6 nitrogen and oxygen atoms in total. The second-order valence-electron chi connectivity index (χ2n) is 6.53. The monoisotopic (exact) mass is 412 g/mol. The predicted molar refractivity (Wildman–Crippen MR) is 113 cm³/mol. The van der Waals surface area contributed by atoms with Crippen molar-refractivity contribution in [2.24, 2.45) is 0 Å². The molecule has 0 bridgehead atoms. The number of para-hydroxylation sites is 2. The second-order valence-corrected chi connectivity index (χ2v) is 7.45. The smallest absolute Gasteiger partial charge is 0.338 e. The molecule has 0 radical (unpaired) electrons. The molecule has 0 unspecified atom stereocenters. The van der Waals surface area contributed by atoms with Crippen LogP contribution in [0.15, 0.2) is 58.2 Å². The van der Waals surface area contributed by atoms with E-state index in [1.54, 1.807) is 12.1 Å². The summed E-state index contributed by atoms with van der Waals surface area (Å²) in [5.74, 6) is -0.295. The number of fused-ring (bicyclic) bond motifs is 1. The van der Waals surface area contributed by atoms with Crippen LogP contribution >= 0.6 is 11.8 Å². The van der Waals surface area contributed by atoms with Gasteiger partial charge in [0.1, 0.15) is 5.52 Å². The molecule has 0 saturated heterocycles. The van der Waals surface area contributed by atoms with Crippen LogP contribution in [-0.4, -0.2) is 30.0 Å². The van der Waals surface area contributed by atoms with Crippen LogP contribution in [0.4, 0.5) is 0 Å². The van der Waals surface area contributed by atoms with Crippen molar-refractivity contribution in [2.45, 2.75) is 37.2 Å². The van der Waals surface area contributed by atoms with Gasteiger partial charge in [-0.15, -0.1) is 0 Å². The first-order valence-electron chi connectivity index (χ1n) is 9.67. The number of aromatic nitrogens is 1. The van der Waals surface area contributed by atoms with Gasteiger partial charge in [-0.2, -0.15) is 0 Å². The number of hydrogen-bond acceptors (Lipinski definition) is 6. The molecule has 29 heavy (non-hydrogen) atoms. The lowest BCUT2D eigenvalue weighted by atomic mass is 10.1. The fourth-order valence-electron chi connectivity index (χ4n) is 2.76. The van der Waals surface area contributed by atoms with Gasteiger partial charge in [0.05, 0.1) is 5.56 Å². The van der Waals surface area contributed by atoms with E-state index in [2.05, 4.69) is 17.2 Å². The molecule has 0 spiro atoms. The van der Waals surface area contributed by atoms with E-state index in [4.69, 9.17) is 9.15 Å². The van der Waals surface area contributed by atoms with Gasteiger partial charge < -0.3 is 14.5 Å². The first-order chi connectivity index (χ1) is 14.2. The third kappa shape index (κ3) is 6.09. The van der Waals surface area contributed by atoms with Crippen LogP contribution in [0.1, 0.15) is 42.1 Å². The van der Waals surface area contributed by atoms with Gasteiger partial charge in [0.15, 0.2) is 12.2 Å². The number of thioether (sulfide) groups is 1. The SMILES string of the molecule is CCCCCNC(=O)COC(=O)c1ccccc1CSc1nc2ccccc2o1. The molecule has 0 aliphatic carbocycles. The molecule has 1 heterocycles. The van der Waals surface area contributed by atoms with Crippen LogP contribution in [0, 0.1) is 0 Å². The molecule has 1 N–H and O–H groups in total. The summed E-state index contributed by atoms with van der Waals surface area (Å²) >= 11 is 1.41. The highest BCUT2D eigenvalue weighted by molar-refractivity contribution is 7.98. The first-order valence-corrected chi connectivity index (χ1v) is 10.7. The number of oxazole rings is 1. The van der Waals surface area contributed by atoms with E-state index in [-0.39, 0.29) is 12.5 Å². The first kappa shape index (κ1) is 20.9. The maximum atomic E-state index is 12.4. The summed E-state index contributed by atoms with van der Waals surface area (Å²) in [5, 5.41) is 3.30. The average molecular weight is 413 g/mol. The summed E-state index contributed by atoms with van der Waals surface area (Å²) in [5.41, 5.74) is 2.77. The largest absolute Gasteiger partial charge is 0.452 e. The maximum absolute atomic E-state index is 12.4. The molecule has 0 aliphatic rings. The van der Waals surface area contributed by atoms with Gasteiger partial charge in [-0.05, 0) is 30.2 Å². The predicted octanol–water partition coefficient (Wildman–Crippen LogP) is 4.58. The number of esters is 1. The van der Waals surface area contributed by atoms with Crippen molar-refractivity contribution >= 4 is 34.7 Å². The van der Waals surface area contributed by atoms with E-state index in [0.29, 0.717) is 23.1 Å². The Morgan fingerprint density at radius 1 is 1.10 bits per heavy atom. The van der Waals surface area contributed by atoms with E-state index in [1.807, 2.05) is 36.4 Å². The third-order valence-electron chi connectivity index (χ3n) is 4.30. The molecular formula is C22H24N2O4S. The topological polar surface area (TPSA) is 81.4 Å². The van der Waals surface area contributed by atoms with Gasteiger partial charge in [-0.25, -0.2) is 9.78 Å². The summed E-state index contributed by atoms with van der Waals surface area (Å²) < 4.78 is 10.9. The minimum absolute atomic E-state index is 0.280. The van der Waals surface area contributed by atoms with Crippen LogP contribution in [0.25, 0.3) is 11.1 Å². The van der Waals surface area contributed by atoms with Crippen LogP contribution in [-0.2, 0) is 15.3 Å². The highest BCUT2D eigenvalue weighted by atomic mass is 32.2. The zero-order valence-electron chi connectivity index (χ0n) is 16.3. The Morgan fingerprint density at radius 2 is 1.90 bits per heavy atom. The summed E-state index contributed by atoms with van der Waals surface area (Å²) in [6.45, 7) is 2.42. The Balaban J connectivity index is 1.55. The van der Waals surface area contributed by atoms with Crippen molar-refractivity contribution in [3.05, 3.63) is 59.7 Å². The van der Waals surface area contributed by atoms with Crippen molar-refractivity contribution in [2.75, 3.05) is 13.2 Å². The van der Waals surface area contributed by atoms with Gasteiger partial charge in [0.2, 0.25) is 0 Å². The summed E-state index contributed by atoms with van der Waals surface area (Å²) in [6.07, 6.45) is 3.07. The zero-order valence-corrected chi connectivity index (χ0v) is 17.2. The van der Waals surface area contributed by atoms with E-state index < -0.39 is 5.97 Å². The molecule has 3 rings (SSSR count). The average Bonchev–Trinajstić information content (AvgIpc) is 3.17. The number of nitrogens with one attached hydrogen (secondary N) is 1. The Bertz CT molecular complexity index is 937. The summed E-state index contributed by atoms with van der Waals surface area (Å²) in [6, 6.07) is 14.7. The minimum atomic E-state index is -0.512. The van der Waals surface area contributed by atoms with Crippen molar-refractivity contribution in [1.82, 2.24) is 10.3 Å². The number of nitrogens with zero attached hydrogens (tertiary/aromatic N) is 1. The molecule has 0 atom stereocenters. The molecule has 152 valence electrons. The number of unbranched alkanes of at least 4 members (excludes halogenated alkanes) is 2. The van der Waals surface area contributed by atoms with Crippen LogP contribution in [0.5, 0.6) is 0 Å². The molecule has 2 aromatic carbocycles. The lowest BCUT2D eigenvalue weighted by Gasteiger charge is -2.09. The van der Waals surface area contributed by atoms with Gasteiger partial charge in [0, 0.05) is 12.3 Å². The second kappa shape index (κ2) is 10.7. The summed E-state index contributed by atoms with van der Waals surface area (Å²) in [7, 11) is 0. The number of carbonyl (C=O) groups is 2. The number of benzene rings is 2. The van der Waals surface area contributed by atoms with Gasteiger partial charge in [-0.1, -0.05) is 61.9 Å². The highest BCUT2D eigenvalue weighted by Crippen LogP contribution is 2.27. The van der Waals surface area contributed by atoms with Gasteiger partial charge >= 0.3 is 5.97 Å². The number of ether oxygens (including phenoxy) is 1. The van der Waals surface area contributed by atoms with Crippen molar-refractivity contribution in [1.29, 1.82) is 0 Å². The highest BCUT2D eigenvalue weighted by Gasteiger charge is 2.15. The quantitative estimate of drug-likeness (QED) is 0.298. The third-order valence-corrected chi connectivity index (χ3v) is 5.18. The number of amides is 1. The molecule has 0 saturated carbocycles. The molecule has 3 aromatic rings. The van der Waals surface area contributed by atoms with Crippen molar-refractivity contribution in [3.63, 3.8) is 0 Å².